The van der Waals surface area contributed by atoms with Crippen LogP contribution < -0.4 is 10.5 Å². The van der Waals surface area contributed by atoms with Gasteiger partial charge in [0.2, 0.25) is 0 Å². The molecule has 0 saturated carbocycles. The molecule has 0 atom stereocenters. The predicted molar refractivity (Wildman–Crippen MR) is 83.1 cm³/mol. The van der Waals surface area contributed by atoms with E-state index in [9.17, 15) is 0 Å². The van der Waals surface area contributed by atoms with E-state index in [2.05, 4.69) is 53.7 Å². The quantitative estimate of drug-likeness (QED) is 0.863. The van der Waals surface area contributed by atoms with Crippen LogP contribution in [0.15, 0.2) is 12.1 Å². The zero-order chi connectivity index (χ0) is 14.8. The molecule has 0 bridgehead atoms. The molecule has 1 aromatic rings. The van der Waals surface area contributed by atoms with Crippen molar-refractivity contribution in [2.45, 2.75) is 65.3 Å². The summed E-state index contributed by atoms with van der Waals surface area (Å²) >= 11 is 0. The molecule has 2 heteroatoms. The van der Waals surface area contributed by atoms with Gasteiger partial charge in [-0.25, -0.2) is 0 Å². The highest BCUT2D eigenvalue weighted by atomic mass is 16.5. The highest BCUT2D eigenvalue weighted by Gasteiger charge is 2.22. The summed E-state index contributed by atoms with van der Waals surface area (Å²) in [5.74, 6) is 1.96. The Balaban J connectivity index is 3.45. The van der Waals surface area contributed by atoms with Gasteiger partial charge in [0.05, 0.1) is 7.11 Å². The molecule has 0 aliphatic carbocycles. The average Bonchev–Trinajstić information content (AvgIpc) is 2.25. The van der Waals surface area contributed by atoms with Crippen molar-refractivity contribution in [3.8, 4) is 5.75 Å². The van der Waals surface area contributed by atoms with Gasteiger partial charge in [-0.3, -0.25) is 0 Å². The molecule has 2 nitrogen and oxygen atoms in total. The monoisotopic (exact) mass is 263 g/mol. The Morgan fingerprint density at radius 2 is 1.53 bits per heavy atom. The molecule has 0 spiro atoms. The van der Waals surface area contributed by atoms with Crippen molar-refractivity contribution in [1.82, 2.24) is 0 Å². The summed E-state index contributed by atoms with van der Waals surface area (Å²) in [6.07, 6.45) is 0.838. The van der Waals surface area contributed by atoms with Gasteiger partial charge in [-0.2, -0.15) is 0 Å². The summed E-state index contributed by atoms with van der Waals surface area (Å²) in [6, 6.07) is 4.44. The number of nitrogens with two attached hydrogens (primary N) is 1. The zero-order valence-corrected chi connectivity index (χ0v) is 13.5. The van der Waals surface area contributed by atoms with Gasteiger partial charge in [0.1, 0.15) is 5.75 Å². The summed E-state index contributed by atoms with van der Waals surface area (Å²) in [6.45, 7) is 13.0. The highest BCUT2D eigenvalue weighted by molar-refractivity contribution is 5.49. The van der Waals surface area contributed by atoms with Crippen molar-refractivity contribution in [1.29, 1.82) is 0 Å². The largest absolute Gasteiger partial charge is 0.496 e. The molecule has 0 fully saturated rings. The van der Waals surface area contributed by atoms with E-state index >= 15 is 0 Å². The first-order chi connectivity index (χ1) is 8.67. The summed E-state index contributed by atoms with van der Waals surface area (Å²) in [5.41, 5.74) is 9.89. The molecular weight excluding hydrogens is 234 g/mol. The van der Waals surface area contributed by atoms with E-state index in [1.54, 1.807) is 7.11 Å². The van der Waals surface area contributed by atoms with E-state index in [1.165, 1.54) is 16.7 Å². The molecule has 0 unspecified atom stereocenters. The lowest BCUT2D eigenvalue weighted by molar-refractivity contribution is 0.393. The average molecular weight is 263 g/mol. The minimum atomic E-state index is -0.230. The number of hydrogen-bond acceptors (Lipinski definition) is 2. The van der Waals surface area contributed by atoms with Gasteiger partial charge in [0, 0.05) is 5.54 Å². The second kappa shape index (κ2) is 5.96. The topological polar surface area (TPSA) is 35.2 Å². The minimum Gasteiger partial charge on any atom is -0.496 e. The molecule has 0 aliphatic rings. The number of ether oxygens (including phenoxy) is 1. The van der Waals surface area contributed by atoms with Crippen LogP contribution >= 0.6 is 0 Å². The second-order valence-electron chi connectivity index (χ2n) is 6.73. The van der Waals surface area contributed by atoms with Gasteiger partial charge >= 0.3 is 0 Å². The first-order valence-corrected chi connectivity index (χ1v) is 7.16. The lowest BCUT2D eigenvalue weighted by Gasteiger charge is -2.26. The Morgan fingerprint density at radius 3 is 1.89 bits per heavy atom. The summed E-state index contributed by atoms with van der Waals surface area (Å²) in [5, 5.41) is 0. The van der Waals surface area contributed by atoms with Crippen LogP contribution in [-0.2, 0) is 6.42 Å². The Morgan fingerprint density at radius 1 is 1.05 bits per heavy atom. The van der Waals surface area contributed by atoms with Gasteiger partial charge < -0.3 is 10.5 Å². The zero-order valence-electron chi connectivity index (χ0n) is 13.5. The van der Waals surface area contributed by atoms with Gasteiger partial charge in [0.25, 0.3) is 0 Å². The van der Waals surface area contributed by atoms with E-state index in [1.807, 2.05) is 0 Å². The highest BCUT2D eigenvalue weighted by Crippen LogP contribution is 2.36. The maximum atomic E-state index is 6.23. The van der Waals surface area contributed by atoms with E-state index < -0.39 is 0 Å². The maximum Gasteiger partial charge on any atom is 0.125 e. The summed E-state index contributed by atoms with van der Waals surface area (Å²) < 4.78 is 5.72. The molecule has 0 heterocycles. The van der Waals surface area contributed by atoms with Crippen LogP contribution in [0.25, 0.3) is 0 Å². The van der Waals surface area contributed by atoms with Crippen LogP contribution in [0, 0.1) is 0 Å². The second-order valence-corrected chi connectivity index (χ2v) is 6.73. The Bertz CT molecular complexity index is 428. The molecule has 0 saturated heterocycles. The van der Waals surface area contributed by atoms with E-state index in [4.69, 9.17) is 10.5 Å². The van der Waals surface area contributed by atoms with Crippen molar-refractivity contribution in [3.63, 3.8) is 0 Å². The number of rotatable bonds is 5. The first kappa shape index (κ1) is 16.0. The predicted octanol–water partition coefficient (Wildman–Crippen LogP) is 4.22. The van der Waals surface area contributed by atoms with Crippen LogP contribution in [0.4, 0.5) is 0 Å². The Hall–Kier alpha value is -1.02. The molecule has 0 radical (unpaired) electrons. The van der Waals surface area contributed by atoms with Gasteiger partial charge in [-0.1, -0.05) is 39.8 Å². The molecule has 108 valence electrons. The molecule has 2 N–H and O–H groups in total. The van der Waals surface area contributed by atoms with Crippen LogP contribution in [0.5, 0.6) is 5.75 Å². The third kappa shape index (κ3) is 3.97. The van der Waals surface area contributed by atoms with Gasteiger partial charge in [-0.15, -0.1) is 0 Å². The number of benzene rings is 1. The first-order valence-electron chi connectivity index (χ1n) is 7.16. The fourth-order valence-corrected chi connectivity index (χ4v) is 2.54. The molecular formula is C17H29NO. The van der Waals surface area contributed by atoms with Gasteiger partial charge in [0.15, 0.2) is 0 Å². The molecule has 1 aromatic carbocycles. The molecule has 19 heavy (non-hydrogen) atoms. The van der Waals surface area contributed by atoms with Crippen molar-refractivity contribution in [2.75, 3.05) is 7.11 Å². The molecule has 0 aromatic heterocycles. The van der Waals surface area contributed by atoms with Crippen molar-refractivity contribution < 1.29 is 4.74 Å². The lowest BCUT2D eigenvalue weighted by atomic mass is 9.85. The van der Waals surface area contributed by atoms with E-state index in [0.29, 0.717) is 11.8 Å². The minimum absolute atomic E-state index is 0.230. The van der Waals surface area contributed by atoms with Crippen LogP contribution in [-0.4, -0.2) is 12.6 Å². The third-order valence-electron chi connectivity index (χ3n) is 3.41. The Kier molecular flexibility index (Phi) is 5.03. The fraction of sp³-hybridized carbons (Fsp3) is 0.647. The fourth-order valence-electron chi connectivity index (χ4n) is 2.54. The van der Waals surface area contributed by atoms with Crippen LogP contribution in [0.2, 0.25) is 0 Å². The Labute approximate surface area is 118 Å². The van der Waals surface area contributed by atoms with E-state index in [0.717, 1.165) is 12.2 Å². The lowest BCUT2D eigenvalue weighted by Crippen LogP contribution is -2.35. The summed E-state index contributed by atoms with van der Waals surface area (Å²) in [7, 11) is 1.76. The van der Waals surface area contributed by atoms with Gasteiger partial charge in [-0.05, 0) is 48.8 Å². The van der Waals surface area contributed by atoms with Crippen molar-refractivity contribution in [2.24, 2.45) is 5.73 Å². The number of hydrogen-bond donors (Lipinski definition) is 1. The standard InChI is InChI=1S/C17H29NO/c1-11(2)13-8-9-14(12(3)4)16(19-7)15(13)10-17(5,6)18/h8-9,11-12H,10,18H2,1-7H3. The summed E-state index contributed by atoms with van der Waals surface area (Å²) in [4.78, 5) is 0. The smallest absolute Gasteiger partial charge is 0.125 e. The maximum absolute atomic E-state index is 6.23. The van der Waals surface area contributed by atoms with Crippen molar-refractivity contribution in [3.05, 3.63) is 28.8 Å². The molecule has 0 amide bonds. The normalized spacial score (nSPS) is 12.3. The molecule has 1 rings (SSSR count). The van der Waals surface area contributed by atoms with Crippen LogP contribution in [0.1, 0.15) is 70.1 Å². The molecule has 0 aliphatic heterocycles. The van der Waals surface area contributed by atoms with Crippen molar-refractivity contribution >= 4 is 0 Å². The van der Waals surface area contributed by atoms with Crippen LogP contribution in [0.3, 0.4) is 0 Å². The SMILES string of the molecule is COc1c(C(C)C)ccc(C(C)C)c1CC(C)(C)N. The third-order valence-corrected chi connectivity index (χ3v) is 3.41. The number of methoxy groups -OCH3 is 1. The van der Waals surface area contributed by atoms with E-state index in [-0.39, 0.29) is 5.54 Å².